The Labute approximate surface area is 153 Å². The predicted octanol–water partition coefficient (Wildman–Crippen LogP) is 3.47. The summed E-state index contributed by atoms with van der Waals surface area (Å²) in [5.41, 5.74) is 3.59. The summed E-state index contributed by atoms with van der Waals surface area (Å²) in [4.78, 5) is 30.2. The van der Waals surface area contributed by atoms with Crippen molar-refractivity contribution in [2.24, 2.45) is 0 Å². The fraction of sp³-hybridized carbons (Fsp3) is 0. The SMILES string of the molecule is N#Cc1ccc(-c2ccc3c(c2)C(=O)c2nc4ccccc4c(=O)n2-3)cc1. The molecule has 5 heteroatoms. The second-order valence-corrected chi connectivity index (χ2v) is 6.34. The molecule has 1 aliphatic heterocycles. The van der Waals surface area contributed by atoms with Gasteiger partial charge in [0.1, 0.15) is 0 Å². The van der Waals surface area contributed by atoms with Crippen molar-refractivity contribution in [3.05, 3.63) is 94.0 Å². The molecule has 0 fully saturated rings. The summed E-state index contributed by atoms with van der Waals surface area (Å²) in [6, 6.07) is 21.7. The number of ketones is 1. The van der Waals surface area contributed by atoms with E-state index in [0.29, 0.717) is 27.7 Å². The molecule has 3 aromatic carbocycles. The third kappa shape index (κ3) is 2.14. The minimum atomic E-state index is -0.261. The molecular formula is C22H11N3O2. The predicted molar refractivity (Wildman–Crippen MR) is 101 cm³/mol. The zero-order valence-electron chi connectivity index (χ0n) is 14.0. The van der Waals surface area contributed by atoms with E-state index >= 15 is 0 Å². The Kier molecular flexibility index (Phi) is 3.09. The van der Waals surface area contributed by atoms with E-state index in [4.69, 9.17) is 5.26 Å². The van der Waals surface area contributed by atoms with Crippen molar-refractivity contribution < 1.29 is 4.79 Å². The van der Waals surface area contributed by atoms with Crippen LogP contribution in [0.2, 0.25) is 0 Å². The Morgan fingerprint density at radius 1 is 0.889 bits per heavy atom. The molecule has 0 bridgehead atoms. The fourth-order valence-electron chi connectivity index (χ4n) is 3.46. The maximum absolute atomic E-state index is 12.9. The first-order valence-electron chi connectivity index (χ1n) is 8.39. The van der Waals surface area contributed by atoms with E-state index < -0.39 is 0 Å². The highest BCUT2D eigenvalue weighted by atomic mass is 16.1. The highest BCUT2D eigenvalue weighted by Gasteiger charge is 2.30. The van der Waals surface area contributed by atoms with Gasteiger partial charge >= 0.3 is 0 Å². The van der Waals surface area contributed by atoms with Crippen molar-refractivity contribution in [1.82, 2.24) is 9.55 Å². The van der Waals surface area contributed by atoms with Crippen molar-refractivity contribution in [3.8, 4) is 22.9 Å². The summed E-state index contributed by atoms with van der Waals surface area (Å²) in [7, 11) is 0. The number of nitrogens with zero attached hydrogens (tertiary/aromatic N) is 3. The van der Waals surface area contributed by atoms with Crippen molar-refractivity contribution in [2.45, 2.75) is 0 Å². The Hall–Kier alpha value is -4.04. The molecule has 126 valence electrons. The van der Waals surface area contributed by atoms with Crippen LogP contribution in [0.5, 0.6) is 0 Å². The Balaban J connectivity index is 1.71. The van der Waals surface area contributed by atoms with Crippen LogP contribution < -0.4 is 5.56 Å². The second kappa shape index (κ2) is 5.48. The molecule has 0 unspecified atom stereocenters. The van der Waals surface area contributed by atoms with Crippen molar-refractivity contribution in [3.63, 3.8) is 0 Å². The molecule has 0 saturated carbocycles. The van der Waals surface area contributed by atoms with Gasteiger partial charge in [-0.1, -0.05) is 30.3 Å². The highest BCUT2D eigenvalue weighted by Crippen LogP contribution is 2.30. The van der Waals surface area contributed by atoms with Gasteiger partial charge in [-0.25, -0.2) is 4.98 Å². The molecule has 2 heterocycles. The maximum Gasteiger partial charge on any atom is 0.266 e. The lowest BCUT2D eigenvalue weighted by molar-refractivity contribution is 0.103. The summed E-state index contributed by atoms with van der Waals surface area (Å²) < 4.78 is 1.39. The molecule has 0 aliphatic carbocycles. The van der Waals surface area contributed by atoms with Gasteiger partial charge < -0.3 is 0 Å². The van der Waals surface area contributed by atoms with E-state index in [1.54, 1.807) is 48.5 Å². The summed E-state index contributed by atoms with van der Waals surface area (Å²) in [6.45, 7) is 0. The van der Waals surface area contributed by atoms with Crippen LogP contribution in [0.25, 0.3) is 27.7 Å². The Morgan fingerprint density at radius 2 is 1.63 bits per heavy atom. The van der Waals surface area contributed by atoms with E-state index in [0.717, 1.165) is 11.1 Å². The first kappa shape index (κ1) is 15.2. The lowest BCUT2D eigenvalue weighted by Gasteiger charge is -2.07. The van der Waals surface area contributed by atoms with Crippen molar-refractivity contribution in [1.29, 1.82) is 5.26 Å². The molecule has 0 amide bonds. The molecule has 4 aromatic rings. The topological polar surface area (TPSA) is 75.8 Å². The molecule has 0 saturated heterocycles. The minimum absolute atomic E-state index is 0.144. The average molecular weight is 349 g/mol. The zero-order chi connectivity index (χ0) is 18.5. The van der Waals surface area contributed by atoms with Crippen LogP contribution in [0.1, 0.15) is 21.7 Å². The number of nitriles is 1. The van der Waals surface area contributed by atoms with Crippen LogP contribution in [0.4, 0.5) is 0 Å². The van der Waals surface area contributed by atoms with Crippen LogP contribution in [-0.4, -0.2) is 15.3 Å². The number of benzene rings is 3. The molecule has 1 aliphatic rings. The lowest BCUT2D eigenvalue weighted by atomic mass is 10.00. The molecule has 0 radical (unpaired) electrons. The molecular weight excluding hydrogens is 338 g/mol. The first-order chi connectivity index (χ1) is 13.2. The molecule has 0 N–H and O–H groups in total. The molecule has 5 nitrogen and oxygen atoms in total. The van der Waals surface area contributed by atoms with Crippen LogP contribution in [0.3, 0.4) is 0 Å². The summed E-state index contributed by atoms with van der Waals surface area (Å²) in [5.74, 6) is -0.117. The zero-order valence-corrected chi connectivity index (χ0v) is 14.0. The fourth-order valence-corrected chi connectivity index (χ4v) is 3.46. The van der Waals surface area contributed by atoms with Crippen molar-refractivity contribution in [2.75, 3.05) is 0 Å². The van der Waals surface area contributed by atoms with Gasteiger partial charge in [-0.2, -0.15) is 5.26 Å². The number of carbonyl (C=O) groups is 1. The van der Waals surface area contributed by atoms with Crippen LogP contribution in [-0.2, 0) is 0 Å². The van der Waals surface area contributed by atoms with E-state index in [9.17, 15) is 9.59 Å². The van der Waals surface area contributed by atoms with E-state index in [2.05, 4.69) is 11.1 Å². The number of hydrogen-bond acceptors (Lipinski definition) is 4. The van der Waals surface area contributed by atoms with Gasteiger partial charge in [0, 0.05) is 0 Å². The van der Waals surface area contributed by atoms with E-state index in [-0.39, 0.29) is 17.2 Å². The molecule has 5 rings (SSSR count). The lowest BCUT2D eigenvalue weighted by Crippen LogP contribution is -2.21. The van der Waals surface area contributed by atoms with Crippen molar-refractivity contribution >= 4 is 16.7 Å². The maximum atomic E-state index is 12.9. The summed E-state index contributed by atoms with van der Waals surface area (Å²) in [5, 5.41) is 9.42. The quantitative estimate of drug-likeness (QED) is 0.464. The van der Waals surface area contributed by atoms with Gasteiger partial charge in [-0.3, -0.25) is 14.2 Å². The summed E-state index contributed by atoms with van der Waals surface area (Å²) >= 11 is 0. The van der Waals surface area contributed by atoms with Gasteiger partial charge in [0.05, 0.1) is 33.8 Å². The Bertz CT molecular complexity index is 1360. The van der Waals surface area contributed by atoms with Crippen LogP contribution >= 0.6 is 0 Å². The van der Waals surface area contributed by atoms with E-state index in [1.807, 2.05) is 18.2 Å². The molecule has 27 heavy (non-hydrogen) atoms. The van der Waals surface area contributed by atoms with Gasteiger partial charge in [0.25, 0.3) is 5.56 Å². The van der Waals surface area contributed by atoms with Gasteiger partial charge in [0.2, 0.25) is 5.78 Å². The number of aromatic nitrogens is 2. The molecule has 1 aromatic heterocycles. The third-order valence-electron chi connectivity index (χ3n) is 4.81. The average Bonchev–Trinajstić information content (AvgIpc) is 3.00. The van der Waals surface area contributed by atoms with E-state index in [1.165, 1.54) is 4.57 Å². The van der Waals surface area contributed by atoms with Gasteiger partial charge in [-0.15, -0.1) is 0 Å². The second-order valence-electron chi connectivity index (χ2n) is 6.34. The van der Waals surface area contributed by atoms with Crippen LogP contribution in [0, 0.1) is 11.3 Å². The van der Waals surface area contributed by atoms with Gasteiger partial charge in [0.15, 0.2) is 5.82 Å². The van der Waals surface area contributed by atoms with Gasteiger partial charge in [-0.05, 0) is 47.5 Å². The first-order valence-corrected chi connectivity index (χ1v) is 8.39. The summed E-state index contributed by atoms with van der Waals surface area (Å²) in [6.07, 6.45) is 0. The van der Waals surface area contributed by atoms with Crippen LogP contribution in [0.15, 0.2) is 71.5 Å². The molecule has 0 spiro atoms. The third-order valence-corrected chi connectivity index (χ3v) is 4.81. The normalized spacial score (nSPS) is 11.9. The number of fused-ring (bicyclic) bond motifs is 4. The highest BCUT2D eigenvalue weighted by molar-refractivity contribution is 6.14. The number of hydrogen-bond donors (Lipinski definition) is 0. The largest absolute Gasteiger partial charge is 0.285 e. The number of rotatable bonds is 1. The Morgan fingerprint density at radius 3 is 2.41 bits per heavy atom. The smallest absolute Gasteiger partial charge is 0.266 e. The number of carbonyl (C=O) groups excluding carboxylic acids is 1. The number of para-hydroxylation sites is 1. The minimum Gasteiger partial charge on any atom is -0.285 e. The molecule has 0 atom stereocenters. The monoisotopic (exact) mass is 349 g/mol. The standard InChI is InChI=1S/C22H11N3O2/c23-12-13-5-7-14(8-6-13)15-9-10-19-17(11-15)20(26)21-24-18-4-2-1-3-16(18)22(27)25(19)21/h1-11H.